The Morgan fingerprint density at radius 2 is 1.86 bits per heavy atom. The van der Waals surface area contributed by atoms with Gasteiger partial charge in [-0.2, -0.15) is 4.98 Å². The Hall–Kier alpha value is -3.55. The maximum Gasteiger partial charge on any atom is 0.269 e. The molecule has 0 N–H and O–H groups in total. The zero-order valence-corrected chi connectivity index (χ0v) is 15.0. The number of aromatic nitrogens is 2. The van der Waals surface area contributed by atoms with Gasteiger partial charge in [0.15, 0.2) is 0 Å². The summed E-state index contributed by atoms with van der Waals surface area (Å²) in [6, 6.07) is 14.8. The molecule has 0 unspecified atom stereocenters. The van der Waals surface area contributed by atoms with E-state index in [1.54, 1.807) is 4.90 Å². The summed E-state index contributed by atoms with van der Waals surface area (Å²) in [4.78, 5) is 29.6. The minimum absolute atomic E-state index is 0.0452. The number of nitro groups is 1. The largest absolute Gasteiger partial charge is 0.337 e. The Balaban J connectivity index is 1.59. The van der Waals surface area contributed by atoms with Crippen LogP contribution in [-0.4, -0.2) is 32.4 Å². The molecule has 0 radical (unpaired) electrons. The second-order valence-corrected chi connectivity index (χ2v) is 6.64. The molecule has 8 heteroatoms. The highest BCUT2D eigenvalue weighted by atomic mass is 16.6. The average Bonchev–Trinajstić information content (AvgIpc) is 3.24. The van der Waals surface area contributed by atoms with Crippen LogP contribution in [0.4, 0.5) is 5.69 Å². The second kappa shape index (κ2) is 7.59. The van der Waals surface area contributed by atoms with Crippen LogP contribution < -0.4 is 0 Å². The van der Waals surface area contributed by atoms with E-state index in [9.17, 15) is 14.9 Å². The number of benzene rings is 2. The fraction of sp³-hybridized carbons (Fsp3) is 0.250. The quantitative estimate of drug-likeness (QED) is 0.502. The van der Waals surface area contributed by atoms with Gasteiger partial charge >= 0.3 is 0 Å². The summed E-state index contributed by atoms with van der Waals surface area (Å²) >= 11 is 0. The Bertz CT molecular complexity index is 985. The molecule has 1 aliphatic heterocycles. The van der Waals surface area contributed by atoms with Crippen LogP contribution in [0.3, 0.4) is 0 Å². The molecule has 1 amide bonds. The summed E-state index contributed by atoms with van der Waals surface area (Å²) in [5.74, 6) is 0.705. The smallest absolute Gasteiger partial charge is 0.269 e. The molecule has 142 valence electrons. The van der Waals surface area contributed by atoms with E-state index in [-0.39, 0.29) is 17.6 Å². The van der Waals surface area contributed by atoms with E-state index >= 15 is 0 Å². The van der Waals surface area contributed by atoms with Gasteiger partial charge in [-0.05, 0) is 31.4 Å². The van der Waals surface area contributed by atoms with Gasteiger partial charge in [-0.3, -0.25) is 14.9 Å². The average molecular weight is 378 g/mol. The minimum Gasteiger partial charge on any atom is -0.337 e. The number of rotatable bonds is 4. The van der Waals surface area contributed by atoms with Crippen LogP contribution in [0.15, 0.2) is 59.1 Å². The van der Waals surface area contributed by atoms with Crippen LogP contribution in [0.1, 0.15) is 41.6 Å². The molecule has 1 fully saturated rings. The third-order valence-corrected chi connectivity index (χ3v) is 4.85. The first kappa shape index (κ1) is 17.8. The van der Waals surface area contributed by atoms with E-state index in [0.29, 0.717) is 23.8 Å². The predicted molar refractivity (Wildman–Crippen MR) is 100 cm³/mol. The van der Waals surface area contributed by atoms with Crippen molar-refractivity contribution in [3.63, 3.8) is 0 Å². The lowest BCUT2D eigenvalue weighted by Crippen LogP contribution is -2.38. The van der Waals surface area contributed by atoms with Gasteiger partial charge in [-0.25, -0.2) is 0 Å². The number of carbonyl (C=O) groups is 1. The fourth-order valence-corrected chi connectivity index (χ4v) is 3.40. The summed E-state index contributed by atoms with van der Waals surface area (Å²) in [6.07, 6.45) is 2.57. The lowest BCUT2D eigenvalue weighted by molar-refractivity contribution is -0.384. The first-order chi connectivity index (χ1) is 13.6. The molecule has 2 aromatic carbocycles. The highest BCUT2D eigenvalue weighted by Gasteiger charge is 2.33. The number of non-ortho nitro benzene ring substituents is 1. The van der Waals surface area contributed by atoms with Crippen molar-refractivity contribution in [1.82, 2.24) is 15.0 Å². The van der Waals surface area contributed by atoms with Crippen molar-refractivity contribution >= 4 is 11.6 Å². The van der Waals surface area contributed by atoms with Gasteiger partial charge in [-0.1, -0.05) is 35.5 Å². The first-order valence-corrected chi connectivity index (χ1v) is 9.08. The number of amides is 1. The third-order valence-electron chi connectivity index (χ3n) is 4.85. The minimum atomic E-state index is -0.485. The van der Waals surface area contributed by atoms with E-state index in [1.807, 2.05) is 30.3 Å². The predicted octanol–water partition coefficient (Wildman–Crippen LogP) is 4.01. The number of hydrogen-bond donors (Lipinski definition) is 0. The van der Waals surface area contributed by atoms with Crippen molar-refractivity contribution in [2.24, 2.45) is 0 Å². The standard InChI is InChI=1S/C20H18N4O4/c25-20(15-9-11-16(12-10-15)24(26)27)23-13-5-4-8-17(23)19-21-18(22-28-19)14-6-2-1-3-7-14/h1-3,6-7,9-12,17H,4-5,8,13H2/t17-/m1/s1. The van der Waals surface area contributed by atoms with E-state index in [2.05, 4.69) is 10.1 Å². The molecule has 1 atom stereocenters. The molecular formula is C20H18N4O4. The molecule has 2 heterocycles. The Labute approximate surface area is 160 Å². The zero-order chi connectivity index (χ0) is 19.5. The Morgan fingerprint density at radius 1 is 1.11 bits per heavy atom. The van der Waals surface area contributed by atoms with Crippen LogP contribution in [0, 0.1) is 10.1 Å². The fourth-order valence-electron chi connectivity index (χ4n) is 3.40. The second-order valence-electron chi connectivity index (χ2n) is 6.64. The number of nitrogens with zero attached hydrogens (tertiary/aromatic N) is 4. The van der Waals surface area contributed by atoms with E-state index in [1.165, 1.54) is 24.3 Å². The highest BCUT2D eigenvalue weighted by molar-refractivity contribution is 5.94. The number of likely N-dealkylation sites (tertiary alicyclic amines) is 1. The zero-order valence-electron chi connectivity index (χ0n) is 15.0. The van der Waals surface area contributed by atoms with Gasteiger partial charge in [0, 0.05) is 29.8 Å². The summed E-state index contributed by atoms with van der Waals surface area (Å²) < 4.78 is 5.48. The van der Waals surface area contributed by atoms with E-state index < -0.39 is 4.92 Å². The number of piperidine rings is 1. The molecule has 0 bridgehead atoms. The normalized spacial score (nSPS) is 16.7. The van der Waals surface area contributed by atoms with Crippen molar-refractivity contribution in [3.8, 4) is 11.4 Å². The SMILES string of the molecule is O=C(c1ccc([N+](=O)[O-])cc1)N1CCCC[C@@H]1c1nc(-c2ccccc2)no1. The summed E-state index contributed by atoms with van der Waals surface area (Å²) in [6.45, 7) is 0.573. The monoisotopic (exact) mass is 378 g/mol. The number of hydrogen-bond acceptors (Lipinski definition) is 6. The molecule has 0 saturated carbocycles. The number of carbonyl (C=O) groups excluding carboxylic acids is 1. The van der Waals surface area contributed by atoms with Gasteiger partial charge in [-0.15, -0.1) is 0 Å². The van der Waals surface area contributed by atoms with Gasteiger partial charge in [0.1, 0.15) is 6.04 Å². The molecule has 1 aromatic heterocycles. The lowest BCUT2D eigenvalue weighted by atomic mass is 10.0. The van der Waals surface area contributed by atoms with Crippen LogP contribution in [-0.2, 0) is 0 Å². The maximum absolute atomic E-state index is 13.0. The third kappa shape index (κ3) is 3.48. The van der Waals surface area contributed by atoms with Gasteiger partial charge in [0.25, 0.3) is 11.6 Å². The molecule has 28 heavy (non-hydrogen) atoms. The van der Waals surface area contributed by atoms with Crippen molar-refractivity contribution < 1.29 is 14.2 Å². The van der Waals surface area contributed by atoms with Crippen molar-refractivity contribution in [1.29, 1.82) is 0 Å². The maximum atomic E-state index is 13.0. The molecule has 1 saturated heterocycles. The van der Waals surface area contributed by atoms with Gasteiger partial charge in [0.2, 0.25) is 11.7 Å². The Kier molecular flexibility index (Phi) is 4.84. The Morgan fingerprint density at radius 3 is 2.57 bits per heavy atom. The molecule has 1 aliphatic rings. The molecule has 0 spiro atoms. The van der Waals surface area contributed by atoms with Gasteiger partial charge < -0.3 is 9.42 Å². The van der Waals surface area contributed by atoms with Crippen molar-refractivity contribution in [3.05, 3.63) is 76.2 Å². The molecule has 4 rings (SSSR count). The van der Waals surface area contributed by atoms with Crippen LogP contribution >= 0.6 is 0 Å². The van der Waals surface area contributed by atoms with Crippen molar-refractivity contribution in [2.75, 3.05) is 6.54 Å². The van der Waals surface area contributed by atoms with Crippen LogP contribution in [0.5, 0.6) is 0 Å². The highest BCUT2D eigenvalue weighted by Crippen LogP contribution is 2.32. The van der Waals surface area contributed by atoms with E-state index in [0.717, 1.165) is 24.8 Å². The molecule has 0 aliphatic carbocycles. The number of nitro benzene ring substituents is 1. The summed E-state index contributed by atoms with van der Waals surface area (Å²) in [7, 11) is 0. The first-order valence-electron chi connectivity index (χ1n) is 9.08. The van der Waals surface area contributed by atoms with Crippen LogP contribution in [0.25, 0.3) is 11.4 Å². The van der Waals surface area contributed by atoms with E-state index in [4.69, 9.17) is 4.52 Å². The topological polar surface area (TPSA) is 102 Å². The summed E-state index contributed by atoms with van der Waals surface area (Å²) in [5, 5.41) is 14.9. The van der Waals surface area contributed by atoms with Gasteiger partial charge in [0.05, 0.1) is 4.92 Å². The van der Waals surface area contributed by atoms with Crippen molar-refractivity contribution in [2.45, 2.75) is 25.3 Å². The molecule has 3 aromatic rings. The van der Waals surface area contributed by atoms with Crippen LogP contribution in [0.2, 0.25) is 0 Å². The lowest BCUT2D eigenvalue weighted by Gasteiger charge is -2.33. The summed E-state index contributed by atoms with van der Waals surface area (Å²) in [5.41, 5.74) is 1.21. The molecular weight excluding hydrogens is 360 g/mol. The molecule has 8 nitrogen and oxygen atoms in total.